The first kappa shape index (κ1) is 5.71. The Kier molecular flexibility index (Phi) is 1.82. The van der Waals surface area contributed by atoms with Crippen LogP contribution in [0.15, 0.2) is 9.88 Å². The topological polar surface area (TPSA) is 0 Å². The van der Waals surface area contributed by atoms with Crippen molar-refractivity contribution in [1.82, 2.24) is 0 Å². The van der Waals surface area contributed by atoms with Crippen molar-refractivity contribution in [3.8, 4) is 0 Å². The Labute approximate surface area is 57.8 Å². The molecule has 0 radical (unpaired) electrons. The van der Waals surface area contributed by atoms with Gasteiger partial charge < -0.3 is 0 Å². The Balaban J connectivity index is 3.12. The van der Waals surface area contributed by atoms with Crippen LogP contribution >= 0.6 is 23.2 Å². The van der Waals surface area contributed by atoms with Crippen LogP contribution in [0.4, 0.5) is 0 Å². The molecule has 1 heterocycles. The van der Waals surface area contributed by atoms with Crippen LogP contribution < -0.4 is 0 Å². The molecule has 0 nitrogen and oxygen atoms in total. The Morgan fingerprint density at radius 1 is 1.14 bits per heavy atom. The SMILES string of the molecule is Clc1c[se]cc1Cl. The molecule has 1 aromatic rings. The van der Waals surface area contributed by atoms with Crippen LogP contribution in [-0.2, 0) is 0 Å². The van der Waals surface area contributed by atoms with Crippen LogP contribution in [0.3, 0.4) is 0 Å². The second-order valence-corrected chi connectivity index (χ2v) is 3.44. The first-order chi connectivity index (χ1) is 3.30. The van der Waals surface area contributed by atoms with Crippen molar-refractivity contribution >= 4 is 37.7 Å². The fraction of sp³-hybridized carbons (Fsp3) is 0. The molecule has 0 amide bonds. The quantitative estimate of drug-likeness (QED) is 0.562. The van der Waals surface area contributed by atoms with Crippen LogP contribution in [-0.4, -0.2) is 14.5 Å². The van der Waals surface area contributed by atoms with E-state index in [-0.39, 0.29) is 0 Å². The molecule has 0 fully saturated rings. The molecule has 0 aliphatic heterocycles. The molecule has 0 N–H and O–H groups in total. The number of halogens is 2. The minimum atomic E-state index is 0.425. The normalized spacial score (nSPS) is 9.43. The van der Waals surface area contributed by atoms with Gasteiger partial charge in [-0.3, -0.25) is 0 Å². The predicted molar refractivity (Wildman–Crippen MR) is 33.4 cm³/mol. The van der Waals surface area contributed by atoms with Crippen molar-refractivity contribution in [2.75, 3.05) is 0 Å². The molecule has 0 saturated heterocycles. The van der Waals surface area contributed by atoms with Gasteiger partial charge in [0.2, 0.25) is 0 Å². The molecule has 38 valence electrons. The van der Waals surface area contributed by atoms with E-state index in [0.717, 1.165) is 0 Å². The fourth-order valence-electron chi connectivity index (χ4n) is 0.266. The summed E-state index contributed by atoms with van der Waals surface area (Å²) < 4.78 is 0. The zero-order chi connectivity index (χ0) is 5.28. The minimum absolute atomic E-state index is 0.425. The summed E-state index contributed by atoms with van der Waals surface area (Å²) >= 11 is 11.5. The van der Waals surface area contributed by atoms with E-state index in [1.807, 2.05) is 9.88 Å². The van der Waals surface area contributed by atoms with E-state index in [1.165, 1.54) is 0 Å². The maximum absolute atomic E-state index is 5.54. The Morgan fingerprint density at radius 3 is 1.71 bits per heavy atom. The molecule has 1 aromatic heterocycles. The molecule has 0 unspecified atom stereocenters. The van der Waals surface area contributed by atoms with Crippen LogP contribution in [0.2, 0.25) is 10.0 Å². The molecule has 7 heavy (non-hydrogen) atoms. The average molecular weight is 200 g/mol. The third-order valence-corrected chi connectivity index (χ3v) is 3.44. The van der Waals surface area contributed by atoms with Crippen LogP contribution in [0.25, 0.3) is 0 Å². The van der Waals surface area contributed by atoms with E-state index in [0.29, 0.717) is 24.5 Å². The summed E-state index contributed by atoms with van der Waals surface area (Å²) in [5, 5.41) is 1.42. The van der Waals surface area contributed by atoms with Gasteiger partial charge in [0, 0.05) is 0 Å². The van der Waals surface area contributed by atoms with Crippen molar-refractivity contribution < 1.29 is 0 Å². The van der Waals surface area contributed by atoms with Gasteiger partial charge in [-0.1, -0.05) is 0 Å². The predicted octanol–water partition coefficient (Wildman–Crippen LogP) is 2.05. The zero-order valence-corrected chi connectivity index (χ0v) is 6.54. The first-order valence-electron chi connectivity index (χ1n) is 1.68. The van der Waals surface area contributed by atoms with Crippen molar-refractivity contribution in [2.45, 2.75) is 0 Å². The van der Waals surface area contributed by atoms with Gasteiger partial charge in [-0.15, -0.1) is 0 Å². The van der Waals surface area contributed by atoms with Crippen molar-refractivity contribution in [3.63, 3.8) is 0 Å². The second kappa shape index (κ2) is 2.23. The number of hydrogen-bond donors (Lipinski definition) is 0. The summed E-state index contributed by atoms with van der Waals surface area (Å²) in [4.78, 5) is 3.88. The summed E-state index contributed by atoms with van der Waals surface area (Å²) in [5.41, 5.74) is 0. The van der Waals surface area contributed by atoms with Crippen molar-refractivity contribution in [2.24, 2.45) is 0 Å². The summed E-state index contributed by atoms with van der Waals surface area (Å²) in [7, 11) is 0. The number of rotatable bonds is 0. The van der Waals surface area contributed by atoms with Gasteiger partial charge in [-0.05, 0) is 0 Å². The number of hydrogen-bond acceptors (Lipinski definition) is 0. The summed E-state index contributed by atoms with van der Waals surface area (Å²) in [6.45, 7) is 0. The summed E-state index contributed by atoms with van der Waals surface area (Å²) in [5.74, 6) is 0. The zero-order valence-electron chi connectivity index (χ0n) is 3.32. The molecule has 0 aromatic carbocycles. The van der Waals surface area contributed by atoms with E-state index in [9.17, 15) is 0 Å². The van der Waals surface area contributed by atoms with Gasteiger partial charge in [0.15, 0.2) is 0 Å². The fourth-order valence-corrected chi connectivity index (χ4v) is 2.38. The molecule has 0 atom stereocenters. The molecule has 3 heteroatoms. The molecule has 1 rings (SSSR count). The van der Waals surface area contributed by atoms with Crippen LogP contribution in [0.5, 0.6) is 0 Å². The van der Waals surface area contributed by atoms with Gasteiger partial charge in [-0.25, -0.2) is 0 Å². The third-order valence-electron chi connectivity index (χ3n) is 0.571. The van der Waals surface area contributed by atoms with Gasteiger partial charge in [-0.2, -0.15) is 0 Å². The van der Waals surface area contributed by atoms with Gasteiger partial charge in [0.1, 0.15) is 0 Å². The Bertz CT molecular complexity index is 142. The van der Waals surface area contributed by atoms with E-state index >= 15 is 0 Å². The molecule has 0 spiro atoms. The maximum atomic E-state index is 5.54. The Hall–Kier alpha value is 0.579. The second-order valence-electron chi connectivity index (χ2n) is 1.07. The van der Waals surface area contributed by atoms with Crippen molar-refractivity contribution in [1.29, 1.82) is 0 Å². The molecule has 0 bridgehead atoms. The van der Waals surface area contributed by atoms with Gasteiger partial charge >= 0.3 is 57.6 Å². The monoisotopic (exact) mass is 200 g/mol. The molecule has 0 aliphatic rings. The van der Waals surface area contributed by atoms with E-state index < -0.39 is 0 Å². The molecule has 0 aliphatic carbocycles. The standard InChI is InChI=1S/C4H2Cl2Se/c5-3-1-7-2-4(3)6/h1-2H. The van der Waals surface area contributed by atoms with Crippen LogP contribution in [0.1, 0.15) is 0 Å². The van der Waals surface area contributed by atoms with Gasteiger partial charge in [0.05, 0.1) is 0 Å². The summed E-state index contributed by atoms with van der Waals surface area (Å²) in [6.07, 6.45) is 0. The van der Waals surface area contributed by atoms with Crippen molar-refractivity contribution in [3.05, 3.63) is 19.9 Å². The third kappa shape index (κ3) is 1.23. The molecular weight excluding hydrogens is 198 g/mol. The molecular formula is C4H2Cl2Se. The summed E-state index contributed by atoms with van der Waals surface area (Å²) in [6, 6.07) is 0. The van der Waals surface area contributed by atoms with Gasteiger partial charge in [0.25, 0.3) is 0 Å². The van der Waals surface area contributed by atoms with E-state index in [2.05, 4.69) is 0 Å². The van der Waals surface area contributed by atoms with E-state index in [1.54, 1.807) is 0 Å². The average Bonchev–Trinajstić information content (AvgIpc) is 1.91. The van der Waals surface area contributed by atoms with Crippen LogP contribution in [0, 0.1) is 0 Å². The Morgan fingerprint density at radius 2 is 1.57 bits per heavy atom. The molecule has 0 saturated carbocycles. The first-order valence-corrected chi connectivity index (χ1v) is 4.41. The van der Waals surface area contributed by atoms with E-state index in [4.69, 9.17) is 23.2 Å².